The number of hydrogen-bond acceptors (Lipinski definition) is 5. The van der Waals surface area contributed by atoms with E-state index in [9.17, 15) is 22.4 Å². The van der Waals surface area contributed by atoms with E-state index in [1.54, 1.807) is 57.2 Å². The minimum Gasteiger partial charge on any atom is -0.494 e. The van der Waals surface area contributed by atoms with Crippen molar-refractivity contribution in [3.8, 4) is 5.75 Å². The van der Waals surface area contributed by atoms with Crippen LogP contribution in [0.5, 0.6) is 5.75 Å². The molecule has 3 aromatic carbocycles. The molecule has 0 saturated heterocycles. The molecule has 10 heteroatoms. The summed E-state index contributed by atoms with van der Waals surface area (Å²) >= 11 is 0. The van der Waals surface area contributed by atoms with Crippen molar-refractivity contribution >= 4 is 27.5 Å². The third kappa shape index (κ3) is 7.81. The van der Waals surface area contributed by atoms with Crippen LogP contribution < -0.4 is 14.4 Å². The molecule has 0 aliphatic heterocycles. The molecule has 0 aliphatic rings. The zero-order chi connectivity index (χ0) is 29.4. The van der Waals surface area contributed by atoms with E-state index in [1.807, 2.05) is 13.8 Å². The van der Waals surface area contributed by atoms with E-state index in [0.29, 0.717) is 23.6 Å². The first kappa shape index (κ1) is 30.6. The zero-order valence-electron chi connectivity index (χ0n) is 23.4. The number of nitrogens with one attached hydrogen (secondary N) is 1. The fourth-order valence-electron chi connectivity index (χ4n) is 4.02. The van der Waals surface area contributed by atoms with Gasteiger partial charge < -0.3 is 15.0 Å². The van der Waals surface area contributed by atoms with Crippen LogP contribution in [0.15, 0.2) is 77.7 Å². The van der Waals surface area contributed by atoms with Gasteiger partial charge in [-0.3, -0.25) is 13.9 Å². The van der Waals surface area contributed by atoms with Gasteiger partial charge in [-0.25, -0.2) is 12.8 Å². The Labute approximate surface area is 235 Å². The second kappa shape index (κ2) is 13.4. The van der Waals surface area contributed by atoms with Gasteiger partial charge in [-0.05, 0) is 88.7 Å². The van der Waals surface area contributed by atoms with Crippen molar-refractivity contribution in [1.82, 2.24) is 10.2 Å². The number of benzene rings is 3. The molecule has 0 saturated carbocycles. The van der Waals surface area contributed by atoms with Gasteiger partial charge in [0.1, 0.15) is 24.2 Å². The summed E-state index contributed by atoms with van der Waals surface area (Å²) in [5, 5.41) is 2.80. The van der Waals surface area contributed by atoms with Crippen LogP contribution in [0.3, 0.4) is 0 Å². The van der Waals surface area contributed by atoms with E-state index < -0.39 is 34.3 Å². The summed E-state index contributed by atoms with van der Waals surface area (Å²) in [5.41, 5.74) is 1.81. The van der Waals surface area contributed by atoms with E-state index in [1.165, 1.54) is 41.3 Å². The SMILES string of the molecule is CCOc1ccc(S(=O)(=O)N(CC(=O)N(Cc2ccc(F)cc2)[C@H](C)C(=O)NC(C)C)c2ccc(C)cc2)cc1. The van der Waals surface area contributed by atoms with Crippen LogP contribution in [0, 0.1) is 12.7 Å². The minimum atomic E-state index is -4.19. The van der Waals surface area contributed by atoms with Crippen molar-refractivity contribution in [3.05, 3.63) is 89.7 Å². The standard InChI is InChI=1S/C30H36FN3O5S/c1-6-39-27-15-17-28(18-16-27)40(37,38)34(26-13-7-22(4)8-14-26)20-29(35)33(23(5)30(36)32-21(2)3)19-24-9-11-25(31)12-10-24/h7-18,21,23H,6,19-20H2,1-5H3,(H,32,36)/t23-/m1/s1. The number of rotatable bonds is 12. The molecular formula is C30H36FN3O5S. The number of amides is 2. The number of aryl methyl sites for hydroxylation is 1. The maximum atomic E-state index is 13.9. The molecule has 1 atom stereocenters. The van der Waals surface area contributed by atoms with Gasteiger partial charge >= 0.3 is 0 Å². The van der Waals surface area contributed by atoms with Crippen molar-refractivity contribution in [2.75, 3.05) is 17.5 Å². The van der Waals surface area contributed by atoms with Crippen molar-refractivity contribution in [2.24, 2.45) is 0 Å². The number of anilines is 1. The topological polar surface area (TPSA) is 96.0 Å². The number of carbonyl (C=O) groups excluding carboxylic acids is 2. The largest absolute Gasteiger partial charge is 0.494 e. The van der Waals surface area contributed by atoms with Gasteiger partial charge in [-0.2, -0.15) is 0 Å². The lowest BCUT2D eigenvalue weighted by Crippen LogP contribution is -2.52. The number of sulfonamides is 1. The highest BCUT2D eigenvalue weighted by molar-refractivity contribution is 7.92. The van der Waals surface area contributed by atoms with Gasteiger partial charge in [0.2, 0.25) is 11.8 Å². The Balaban J connectivity index is 2.01. The lowest BCUT2D eigenvalue weighted by molar-refractivity contribution is -0.139. The number of hydrogen-bond donors (Lipinski definition) is 1. The Kier molecular flexibility index (Phi) is 10.3. The molecule has 0 radical (unpaired) electrons. The van der Waals surface area contributed by atoms with E-state index in [-0.39, 0.29) is 23.4 Å². The summed E-state index contributed by atoms with van der Waals surface area (Å²) in [6.07, 6.45) is 0. The Morgan fingerprint density at radius 2 is 1.52 bits per heavy atom. The van der Waals surface area contributed by atoms with Gasteiger partial charge in [0.05, 0.1) is 17.2 Å². The predicted molar refractivity (Wildman–Crippen MR) is 153 cm³/mol. The van der Waals surface area contributed by atoms with E-state index >= 15 is 0 Å². The first-order chi connectivity index (χ1) is 18.9. The molecule has 0 spiro atoms. The average Bonchev–Trinajstić information content (AvgIpc) is 2.91. The lowest BCUT2D eigenvalue weighted by Gasteiger charge is -2.32. The Bertz CT molecular complexity index is 1390. The molecule has 0 bridgehead atoms. The van der Waals surface area contributed by atoms with Crippen LogP contribution in [0.4, 0.5) is 10.1 Å². The van der Waals surface area contributed by atoms with Gasteiger partial charge in [-0.15, -0.1) is 0 Å². The van der Waals surface area contributed by atoms with Crippen LogP contribution in [0.1, 0.15) is 38.8 Å². The molecule has 0 unspecified atom stereocenters. The maximum absolute atomic E-state index is 13.9. The highest BCUT2D eigenvalue weighted by Gasteiger charge is 2.32. The van der Waals surface area contributed by atoms with Crippen molar-refractivity contribution in [2.45, 2.75) is 58.1 Å². The molecule has 0 aliphatic carbocycles. The highest BCUT2D eigenvalue weighted by atomic mass is 32.2. The molecule has 8 nitrogen and oxygen atoms in total. The Hall–Kier alpha value is -3.92. The molecule has 3 aromatic rings. The number of carbonyl (C=O) groups is 2. The fraction of sp³-hybridized carbons (Fsp3) is 0.333. The Morgan fingerprint density at radius 1 is 0.925 bits per heavy atom. The second-order valence-corrected chi connectivity index (χ2v) is 11.6. The first-order valence-electron chi connectivity index (χ1n) is 13.1. The van der Waals surface area contributed by atoms with E-state index in [2.05, 4.69) is 5.32 Å². The van der Waals surface area contributed by atoms with Crippen LogP contribution in [0.25, 0.3) is 0 Å². The summed E-state index contributed by atoms with van der Waals surface area (Å²) in [6.45, 7) is 8.75. The van der Waals surface area contributed by atoms with Gasteiger partial charge in [0, 0.05) is 12.6 Å². The molecule has 40 heavy (non-hydrogen) atoms. The molecule has 0 fully saturated rings. The molecule has 3 rings (SSSR count). The smallest absolute Gasteiger partial charge is 0.264 e. The number of halogens is 1. The summed E-state index contributed by atoms with van der Waals surface area (Å²) in [6, 6.07) is 17.3. The quantitative estimate of drug-likeness (QED) is 0.342. The summed E-state index contributed by atoms with van der Waals surface area (Å²) in [7, 11) is -4.19. The highest BCUT2D eigenvalue weighted by Crippen LogP contribution is 2.26. The molecule has 0 aromatic heterocycles. The van der Waals surface area contributed by atoms with Crippen LogP contribution >= 0.6 is 0 Å². The van der Waals surface area contributed by atoms with Crippen LogP contribution in [-0.2, 0) is 26.2 Å². The predicted octanol–water partition coefficient (Wildman–Crippen LogP) is 4.67. The molecule has 0 heterocycles. The third-order valence-electron chi connectivity index (χ3n) is 6.19. The van der Waals surface area contributed by atoms with Gasteiger partial charge in [0.15, 0.2) is 0 Å². The molecule has 214 valence electrons. The van der Waals surface area contributed by atoms with Gasteiger partial charge in [0.25, 0.3) is 10.0 Å². The van der Waals surface area contributed by atoms with Gasteiger partial charge in [-0.1, -0.05) is 29.8 Å². The molecular weight excluding hydrogens is 533 g/mol. The van der Waals surface area contributed by atoms with E-state index in [0.717, 1.165) is 9.87 Å². The summed E-state index contributed by atoms with van der Waals surface area (Å²) in [5.74, 6) is -0.887. The zero-order valence-corrected chi connectivity index (χ0v) is 24.2. The van der Waals surface area contributed by atoms with Crippen molar-refractivity contribution in [1.29, 1.82) is 0 Å². The minimum absolute atomic E-state index is 0.0139. The normalized spacial score (nSPS) is 12.1. The lowest BCUT2D eigenvalue weighted by atomic mass is 10.1. The second-order valence-electron chi connectivity index (χ2n) is 9.74. The molecule has 1 N–H and O–H groups in total. The van der Waals surface area contributed by atoms with Crippen molar-refractivity contribution < 1.29 is 27.1 Å². The van der Waals surface area contributed by atoms with Crippen LogP contribution in [-0.4, -0.2) is 50.4 Å². The maximum Gasteiger partial charge on any atom is 0.264 e. The summed E-state index contributed by atoms with van der Waals surface area (Å²) < 4.78 is 47.8. The first-order valence-corrected chi connectivity index (χ1v) is 14.5. The molecule has 2 amide bonds. The average molecular weight is 570 g/mol. The fourth-order valence-corrected chi connectivity index (χ4v) is 5.43. The number of nitrogens with zero attached hydrogens (tertiary/aromatic N) is 2. The summed E-state index contributed by atoms with van der Waals surface area (Å²) in [4.78, 5) is 28.1. The van der Waals surface area contributed by atoms with E-state index in [4.69, 9.17) is 4.74 Å². The Morgan fingerprint density at radius 3 is 2.08 bits per heavy atom. The van der Waals surface area contributed by atoms with Crippen molar-refractivity contribution in [3.63, 3.8) is 0 Å². The third-order valence-corrected chi connectivity index (χ3v) is 7.98. The number of ether oxygens (including phenoxy) is 1. The van der Waals surface area contributed by atoms with Crippen LogP contribution in [0.2, 0.25) is 0 Å². The monoisotopic (exact) mass is 569 g/mol.